The number of carbonyl (C=O) groups is 3. The maximum Gasteiger partial charge on any atom is 0.321 e. The van der Waals surface area contributed by atoms with Gasteiger partial charge < -0.3 is 19.5 Å². The molecule has 9 nitrogen and oxygen atoms in total. The predicted octanol–water partition coefficient (Wildman–Crippen LogP) is 3.40. The molecule has 2 aromatic carbocycles. The summed E-state index contributed by atoms with van der Waals surface area (Å²) in [4.78, 5) is 42.5. The van der Waals surface area contributed by atoms with Crippen LogP contribution in [0.5, 0.6) is 5.75 Å². The van der Waals surface area contributed by atoms with Crippen molar-refractivity contribution in [1.82, 2.24) is 25.1 Å². The molecule has 36 heavy (non-hydrogen) atoms. The van der Waals surface area contributed by atoms with Crippen molar-refractivity contribution in [2.45, 2.75) is 12.6 Å². The molecule has 5 rings (SSSR count). The van der Waals surface area contributed by atoms with Crippen molar-refractivity contribution in [3.8, 4) is 17.0 Å². The number of pyridine rings is 1. The van der Waals surface area contributed by atoms with Crippen LogP contribution in [0, 0.1) is 0 Å². The van der Waals surface area contributed by atoms with Crippen LogP contribution < -0.4 is 15.4 Å². The van der Waals surface area contributed by atoms with E-state index in [1.54, 1.807) is 18.1 Å². The Hall–Kier alpha value is -4.66. The lowest BCUT2D eigenvalue weighted by Gasteiger charge is -2.25. The highest BCUT2D eigenvalue weighted by molar-refractivity contribution is 5.98. The normalized spacial score (nSPS) is 13.4. The quantitative estimate of drug-likeness (QED) is 0.392. The van der Waals surface area contributed by atoms with Gasteiger partial charge in [-0.15, -0.1) is 0 Å². The molecule has 4 aromatic rings. The number of urea groups is 1. The molecule has 182 valence electrons. The fraction of sp³-hybridized carbons (Fsp3) is 0.185. The summed E-state index contributed by atoms with van der Waals surface area (Å²) in [7, 11) is 3.51. The molecule has 4 amide bonds. The first-order valence-corrected chi connectivity index (χ1v) is 11.5. The fourth-order valence-corrected chi connectivity index (χ4v) is 4.50. The Morgan fingerprint density at radius 1 is 1.14 bits per heavy atom. The standard InChI is InChI=1S/C27H25N5O4/c1-31-12-11-19-8-10-23(29-25(19)31)17-3-5-18(6-4-17)24(30-27(35)28-16-33)15-32-14-20-7-9-21(36-2)13-22(20)26(32)34/h3-13,16,24H,14-15H2,1-2H3,(H2,28,30,33,35)/t24-/m0/s1. The van der Waals surface area contributed by atoms with Crippen LogP contribution >= 0.6 is 0 Å². The maximum atomic E-state index is 13.1. The Kier molecular flexibility index (Phi) is 6.12. The number of nitrogens with one attached hydrogen (secondary N) is 2. The van der Waals surface area contributed by atoms with Gasteiger partial charge in [-0.2, -0.15) is 0 Å². The number of hydrogen-bond donors (Lipinski definition) is 2. The average molecular weight is 484 g/mol. The van der Waals surface area contributed by atoms with Crippen LogP contribution in [-0.2, 0) is 18.4 Å². The number of methoxy groups -OCH3 is 1. The van der Waals surface area contributed by atoms with Crippen LogP contribution in [0.15, 0.2) is 66.9 Å². The van der Waals surface area contributed by atoms with Crippen molar-refractivity contribution >= 4 is 29.4 Å². The molecule has 0 bridgehead atoms. The Bertz CT molecular complexity index is 1460. The van der Waals surface area contributed by atoms with E-state index < -0.39 is 12.1 Å². The number of nitrogens with zero attached hydrogens (tertiary/aromatic N) is 3. The van der Waals surface area contributed by atoms with Crippen molar-refractivity contribution in [2.24, 2.45) is 7.05 Å². The van der Waals surface area contributed by atoms with Crippen LogP contribution in [0.2, 0.25) is 0 Å². The van der Waals surface area contributed by atoms with Gasteiger partial charge in [0.15, 0.2) is 0 Å². The molecule has 0 fully saturated rings. The summed E-state index contributed by atoms with van der Waals surface area (Å²) in [6.45, 7) is 0.652. The zero-order chi connectivity index (χ0) is 25.2. The van der Waals surface area contributed by atoms with Gasteiger partial charge >= 0.3 is 6.03 Å². The first kappa shape index (κ1) is 23.1. The number of ether oxygens (including phenoxy) is 1. The summed E-state index contributed by atoms with van der Waals surface area (Å²) in [6.07, 6.45) is 2.29. The van der Waals surface area contributed by atoms with Gasteiger partial charge in [-0.05, 0) is 41.5 Å². The molecule has 1 aliphatic rings. The lowest BCUT2D eigenvalue weighted by Crippen LogP contribution is -2.42. The summed E-state index contributed by atoms with van der Waals surface area (Å²) in [5.74, 6) is 0.477. The number of amides is 4. The Morgan fingerprint density at radius 2 is 1.94 bits per heavy atom. The highest BCUT2D eigenvalue weighted by atomic mass is 16.5. The third-order valence-corrected chi connectivity index (χ3v) is 6.42. The molecule has 1 aliphatic heterocycles. The van der Waals surface area contributed by atoms with Gasteiger partial charge in [0.1, 0.15) is 11.4 Å². The number of imide groups is 1. The highest BCUT2D eigenvalue weighted by Crippen LogP contribution is 2.29. The second-order valence-electron chi connectivity index (χ2n) is 8.65. The number of aromatic nitrogens is 2. The van der Waals surface area contributed by atoms with E-state index in [1.165, 1.54) is 0 Å². The lowest BCUT2D eigenvalue weighted by atomic mass is 10.0. The fourth-order valence-electron chi connectivity index (χ4n) is 4.50. The summed E-state index contributed by atoms with van der Waals surface area (Å²) in [5.41, 5.74) is 4.93. The topological polar surface area (TPSA) is 106 Å². The van der Waals surface area contributed by atoms with E-state index in [2.05, 4.69) is 10.6 Å². The van der Waals surface area contributed by atoms with Gasteiger partial charge in [0.25, 0.3) is 5.91 Å². The molecule has 0 radical (unpaired) electrons. The monoisotopic (exact) mass is 483 g/mol. The van der Waals surface area contributed by atoms with E-state index in [-0.39, 0.29) is 12.5 Å². The first-order valence-electron chi connectivity index (χ1n) is 11.5. The zero-order valence-electron chi connectivity index (χ0n) is 19.9. The van der Waals surface area contributed by atoms with Crippen molar-refractivity contribution in [3.05, 3.63) is 83.6 Å². The summed E-state index contributed by atoms with van der Waals surface area (Å²) >= 11 is 0. The van der Waals surface area contributed by atoms with Crippen LogP contribution in [0.3, 0.4) is 0 Å². The molecule has 2 aromatic heterocycles. The SMILES string of the molecule is COc1ccc2c(c1)C(=O)N(C[C@H](NC(=O)NC=O)c1ccc(-c3ccc4ccn(C)c4n3)cc1)C2. The van der Waals surface area contributed by atoms with Crippen molar-refractivity contribution < 1.29 is 19.1 Å². The molecule has 3 heterocycles. The largest absolute Gasteiger partial charge is 0.497 e. The summed E-state index contributed by atoms with van der Waals surface area (Å²) in [5, 5.41) is 5.97. The molecule has 9 heteroatoms. The number of rotatable bonds is 7. The average Bonchev–Trinajstić information content (AvgIpc) is 3.42. The smallest absolute Gasteiger partial charge is 0.321 e. The van der Waals surface area contributed by atoms with E-state index >= 15 is 0 Å². The van der Waals surface area contributed by atoms with E-state index in [9.17, 15) is 14.4 Å². The second-order valence-corrected chi connectivity index (χ2v) is 8.65. The van der Waals surface area contributed by atoms with Gasteiger partial charge in [-0.1, -0.05) is 30.3 Å². The maximum absolute atomic E-state index is 13.1. The van der Waals surface area contributed by atoms with Crippen LogP contribution in [-0.4, -0.2) is 46.5 Å². The molecule has 0 saturated heterocycles. The Labute approximate surface area is 207 Å². The van der Waals surface area contributed by atoms with Gasteiger partial charge in [0.2, 0.25) is 6.41 Å². The summed E-state index contributed by atoms with van der Waals surface area (Å²) in [6, 6.07) is 17.9. The predicted molar refractivity (Wildman–Crippen MR) is 134 cm³/mol. The van der Waals surface area contributed by atoms with Gasteiger partial charge in [-0.25, -0.2) is 9.78 Å². The van der Waals surface area contributed by atoms with E-state index in [1.807, 2.05) is 72.4 Å². The highest BCUT2D eigenvalue weighted by Gasteiger charge is 2.30. The van der Waals surface area contributed by atoms with Gasteiger partial charge in [0, 0.05) is 42.8 Å². The minimum atomic E-state index is -0.638. The Morgan fingerprint density at radius 3 is 2.69 bits per heavy atom. The van der Waals surface area contributed by atoms with Gasteiger partial charge in [-0.3, -0.25) is 14.9 Å². The molecule has 0 saturated carbocycles. The molecular formula is C27H25N5O4. The minimum Gasteiger partial charge on any atom is -0.497 e. The minimum absolute atomic E-state index is 0.136. The van der Waals surface area contributed by atoms with Gasteiger partial charge in [0.05, 0.1) is 18.8 Å². The molecule has 1 atom stereocenters. The number of hydrogen-bond acceptors (Lipinski definition) is 5. The number of aryl methyl sites for hydroxylation is 1. The van der Waals surface area contributed by atoms with Crippen LogP contribution in [0.1, 0.15) is 27.5 Å². The number of fused-ring (bicyclic) bond motifs is 2. The number of carbonyl (C=O) groups excluding carboxylic acids is 3. The molecule has 2 N–H and O–H groups in total. The molecular weight excluding hydrogens is 458 g/mol. The molecule has 0 aliphatic carbocycles. The molecule has 0 spiro atoms. The third-order valence-electron chi connectivity index (χ3n) is 6.42. The summed E-state index contributed by atoms with van der Waals surface area (Å²) < 4.78 is 7.22. The first-order chi connectivity index (χ1) is 17.5. The van der Waals surface area contributed by atoms with Crippen molar-refractivity contribution in [1.29, 1.82) is 0 Å². The van der Waals surface area contributed by atoms with E-state index in [0.717, 1.165) is 33.4 Å². The van der Waals surface area contributed by atoms with Crippen LogP contribution in [0.4, 0.5) is 4.79 Å². The number of benzene rings is 2. The van der Waals surface area contributed by atoms with Crippen molar-refractivity contribution in [3.63, 3.8) is 0 Å². The van der Waals surface area contributed by atoms with Crippen molar-refractivity contribution in [2.75, 3.05) is 13.7 Å². The lowest BCUT2D eigenvalue weighted by molar-refractivity contribution is -0.108. The van der Waals surface area contributed by atoms with E-state index in [4.69, 9.17) is 9.72 Å². The van der Waals surface area contributed by atoms with E-state index in [0.29, 0.717) is 24.3 Å². The third kappa shape index (κ3) is 4.38. The van der Waals surface area contributed by atoms with Crippen LogP contribution in [0.25, 0.3) is 22.3 Å². The Balaban J connectivity index is 1.40. The molecule has 0 unspecified atom stereocenters. The zero-order valence-corrected chi connectivity index (χ0v) is 19.9. The second kappa shape index (κ2) is 9.53.